The lowest BCUT2D eigenvalue weighted by Crippen LogP contribution is -2.39. The number of methoxy groups -OCH3 is 1. The van der Waals surface area contributed by atoms with Crippen LogP contribution in [0, 0.1) is 6.92 Å². The van der Waals surface area contributed by atoms with Crippen molar-refractivity contribution in [2.45, 2.75) is 44.8 Å². The molecule has 0 atom stereocenters. The molecule has 3 aromatic heterocycles. The first-order valence-electron chi connectivity index (χ1n) is 9.91. The number of carbonyl (C=O) groups is 1. The Kier molecular flexibility index (Phi) is 5.86. The van der Waals surface area contributed by atoms with Crippen molar-refractivity contribution in [1.29, 1.82) is 0 Å². The first-order valence-corrected chi connectivity index (χ1v) is 9.91. The van der Waals surface area contributed by atoms with Crippen LogP contribution in [-0.4, -0.2) is 62.9 Å². The zero-order chi connectivity index (χ0) is 20.2. The number of H-pyrrole nitrogens is 1. The van der Waals surface area contributed by atoms with Gasteiger partial charge < -0.3 is 19.8 Å². The van der Waals surface area contributed by atoms with Crippen LogP contribution in [0.2, 0.25) is 0 Å². The number of aromatic nitrogens is 5. The summed E-state index contributed by atoms with van der Waals surface area (Å²) in [5, 5.41) is 3.14. The fraction of sp³-hybridized carbons (Fsp3) is 0.500. The molecule has 29 heavy (non-hydrogen) atoms. The second kappa shape index (κ2) is 8.71. The van der Waals surface area contributed by atoms with Gasteiger partial charge in [0, 0.05) is 31.7 Å². The number of amides is 1. The smallest absolute Gasteiger partial charge is 0.272 e. The maximum atomic E-state index is 13.1. The highest BCUT2D eigenvalue weighted by Gasteiger charge is 2.25. The number of carbonyl (C=O) groups excluding carboxylic acids is 1. The van der Waals surface area contributed by atoms with Gasteiger partial charge in [0.1, 0.15) is 6.33 Å². The van der Waals surface area contributed by atoms with Crippen molar-refractivity contribution in [3.8, 4) is 5.95 Å². The van der Waals surface area contributed by atoms with Crippen LogP contribution in [0.25, 0.3) is 17.0 Å². The predicted octanol–water partition coefficient (Wildman–Crippen LogP) is 2.16. The van der Waals surface area contributed by atoms with Crippen LogP contribution in [0.15, 0.2) is 24.9 Å². The molecule has 0 spiro atoms. The molecule has 3 heterocycles. The highest BCUT2D eigenvalue weighted by molar-refractivity contribution is 6.03. The molecule has 4 rings (SSSR count). The van der Waals surface area contributed by atoms with E-state index < -0.39 is 0 Å². The SMILES string of the molecule is COCCOC1CCC(NC(=O)c2nc(-n3ccnc3)nc3c(C)c[nH]c23)CC1. The monoisotopic (exact) mass is 398 g/mol. The van der Waals surface area contributed by atoms with Gasteiger partial charge in [-0.05, 0) is 38.2 Å². The minimum Gasteiger partial charge on any atom is -0.382 e. The lowest BCUT2D eigenvalue weighted by molar-refractivity contribution is -0.00409. The van der Waals surface area contributed by atoms with Crippen LogP contribution < -0.4 is 5.32 Å². The molecule has 1 aliphatic carbocycles. The molecule has 1 aliphatic rings. The fourth-order valence-electron chi connectivity index (χ4n) is 3.70. The Balaban J connectivity index is 1.48. The third-order valence-electron chi connectivity index (χ3n) is 5.30. The maximum Gasteiger partial charge on any atom is 0.272 e. The van der Waals surface area contributed by atoms with E-state index in [1.807, 2.05) is 13.1 Å². The molecule has 154 valence electrons. The van der Waals surface area contributed by atoms with Gasteiger partial charge in [-0.25, -0.2) is 15.0 Å². The van der Waals surface area contributed by atoms with Crippen LogP contribution in [0.5, 0.6) is 0 Å². The van der Waals surface area contributed by atoms with Crippen LogP contribution in [-0.2, 0) is 9.47 Å². The largest absolute Gasteiger partial charge is 0.382 e. The number of imidazole rings is 1. The van der Waals surface area contributed by atoms with Crippen LogP contribution in [0.1, 0.15) is 41.7 Å². The number of aromatic amines is 1. The third-order valence-corrected chi connectivity index (χ3v) is 5.30. The summed E-state index contributed by atoms with van der Waals surface area (Å²) < 4.78 is 12.5. The first-order chi connectivity index (χ1) is 14.2. The summed E-state index contributed by atoms with van der Waals surface area (Å²) in [6.45, 7) is 3.17. The Bertz CT molecular complexity index is 960. The average molecular weight is 398 g/mol. The standard InChI is InChI=1S/C20H26N6O3/c1-13-11-22-17-16(13)24-20(26-8-7-21-12-26)25-18(17)19(27)23-14-3-5-15(6-4-14)29-10-9-28-2/h7-8,11-12,14-15,22H,3-6,9-10H2,1-2H3,(H,23,27). The van der Waals surface area contributed by atoms with Crippen molar-refractivity contribution in [3.05, 3.63) is 36.2 Å². The lowest BCUT2D eigenvalue weighted by Gasteiger charge is -2.29. The first kappa shape index (κ1) is 19.5. The minimum atomic E-state index is -0.190. The highest BCUT2D eigenvalue weighted by Crippen LogP contribution is 2.23. The molecule has 0 aromatic carbocycles. The lowest BCUT2D eigenvalue weighted by atomic mass is 9.93. The van der Waals surface area contributed by atoms with E-state index in [0.29, 0.717) is 30.4 Å². The Morgan fingerprint density at radius 1 is 1.28 bits per heavy atom. The summed E-state index contributed by atoms with van der Waals surface area (Å²) >= 11 is 0. The van der Waals surface area contributed by atoms with E-state index >= 15 is 0 Å². The number of hydrogen-bond acceptors (Lipinski definition) is 6. The van der Waals surface area contributed by atoms with Gasteiger partial charge in [0.05, 0.1) is 30.4 Å². The van der Waals surface area contributed by atoms with Gasteiger partial charge in [0.2, 0.25) is 5.95 Å². The van der Waals surface area contributed by atoms with Gasteiger partial charge in [0.15, 0.2) is 5.69 Å². The summed E-state index contributed by atoms with van der Waals surface area (Å²) in [5.41, 5.74) is 2.71. The molecule has 0 saturated heterocycles. The zero-order valence-corrected chi connectivity index (χ0v) is 16.7. The second-order valence-electron chi connectivity index (χ2n) is 7.35. The molecule has 3 aromatic rings. The fourth-order valence-corrected chi connectivity index (χ4v) is 3.70. The minimum absolute atomic E-state index is 0.113. The molecular formula is C20H26N6O3. The Hall–Kier alpha value is -2.78. The molecular weight excluding hydrogens is 372 g/mol. The predicted molar refractivity (Wildman–Crippen MR) is 107 cm³/mol. The van der Waals surface area contributed by atoms with Crippen molar-refractivity contribution >= 4 is 16.9 Å². The van der Waals surface area contributed by atoms with Crippen molar-refractivity contribution in [1.82, 2.24) is 29.8 Å². The molecule has 1 saturated carbocycles. The van der Waals surface area contributed by atoms with Crippen LogP contribution in [0.3, 0.4) is 0 Å². The highest BCUT2D eigenvalue weighted by atomic mass is 16.5. The summed E-state index contributed by atoms with van der Waals surface area (Å²) in [5.74, 6) is 0.238. The van der Waals surface area contributed by atoms with E-state index in [1.165, 1.54) is 0 Å². The van der Waals surface area contributed by atoms with E-state index in [-0.39, 0.29) is 18.1 Å². The van der Waals surface area contributed by atoms with Crippen molar-refractivity contribution in [3.63, 3.8) is 0 Å². The third kappa shape index (κ3) is 4.30. The molecule has 0 unspecified atom stereocenters. The second-order valence-corrected chi connectivity index (χ2v) is 7.35. The number of hydrogen-bond donors (Lipinski definition) is 2. The van der Waals surface area contributed by atoms with E-state index in [2.05, 4.69) is 25.3 Å². The van der Waals surface area contributed by atoms with Crippen LogP contribution in [0.4, 0.5) is 0 Å². The van der Waals surface area contributed by atoms with Gasteiger partial charge in [0.25, 0.3) is 5.91 Å². The van der Waals surface area contributed by atoms with Crippen molar-refractivity contribution < 1.29 is 14.3 Å². The number of nitrogens with zero attached hydrogens (tertiary/aromatic N) is 4. The number of ether oxygens (including phenoxy) is 2. The quantitative estimate of drug-likeness (QED) is 0.591. The molecule has 9 heteroatoms. The topological polar surface area (TPSA) is 107 Å². The van der Waals surface area contributed by atoms with E-state index in [0.717, 1.165) is 36.8 Å². The van der Waals surface area contributed by atoms with Crippen molar-refractivity contribution in [2.75, 3.05) is 20.3 Å². The van der Waals surface area contributed by atoms with E-state index in [1.54, 1.807) is 30.4 Å². The molecule has 0 aliphatic heterocycles. The average Bonchev–Trinajstić information content (AvgIpc) is 3.39. The number of rotatable bonds is 7. The zero-order valence-electron chi connectivity index (χ0n) is 16.7. The van der Waals surface area contributed by atoms with Crippen LogP contribution >= 0.6 is 0 Å². The molecule has 0 radical (unpaired) electrons. The Morgan fingerprint density at radius 3 is 2.83 bits per heavy atom. The number of aryl methyl sites for hydroxylation is 1. The molecule has 0 bridgehead atoms. The van der Waals surface area contributed by atoms with Gasteiger partial charge in [-0.1, -0.05) is 0 Å². The molecule has 9 nitrogen and oxygen atoms in total. The normalized spacial score (nSPS) is 19.5. The van der Waals surface area contributed by atoms with E-state index in [4.69, 9.17) is 9.47 Å². The van der Waals surface area contributed by atoms with Gasteiger partial charge >= 0.3 is 0 Å². The summed E-state index contributed by atoms with van der Waals surface area (Å²) in [4.78, 5) is 29.3. The summed E-state index contributed by atoms with van der Waals surface area (Å²) in [6.07, 6.45) is 10.7. The summed E-state index contributed by atoms with van der Waals surface area (Å²) in [7, 11) is 1.67. The number of fused-ring (bicyclic) bond motifs is 1. The molecule has 2 N–H and O–H groups in total. The van der Waals surface area contributed by atoms with Crippen molar-refractivity contribution in [2.24, 2.45) is 0 Å². The maximum absolute atomic E-state index is 13.1. The number of nitrogens with one attached hydrogen (secondary N) is 2. The van der Waals surface area contributed by atoms with Gasteiger partial charge in [-0.2, -0.15) is 0 Å². The van der Waals surface area contributed by atoms with Gasteiger partial charge in [-0.15, -0.1) is 0 Å². The van der Waals surface area contributed by atoms with Gasteiger partial charge in [-0.3, -0.25) is 9.36 Å². The Morgan fingerprint density at radius 2 is 2.10 bits per heavy atom. The summed E-state index contributed by atoms with van der Waals surface area (Å²) in [6, 6.07) is 0.113. The van der Waals surface area contributed by atoms with E-state index in [9.17, 15) is 4.79 Å². The molecule has 1 amide bonds. The molecule has 1 fully saturated rings. The Labute approximate surface area is 168 Å².